The predicted molar refractivity (Wildman–Crippen MR) is 126 cm³/mol. The number of oxazole rings is 1. The molecular weight excluding hydrogens is 571 g/mol. The van der Waals surface area contributed by atoms with Crippen LogP contribution in [0.3, 0.4) is 0 Å². The average molecular weight is 584 g/mol. The SMILES string of the molecule is COc1ccc(-c2nc3cc(NC(=O)c4cc(I)ccc4Cl)ccc3o2)cc1Br. The summed E-state index contributed by atoms with van der Waals surface area (Å²) in [5.74, 6) is 0.923. The van der Waals surface area contributed by atoms with E-state index in [0.717, 1.165) is 19.4 Å². The van der Waals surface area contributed by atoms with Crippen molar-refractivity contribution in [1.82, 2.24) is 4.98 Å². The first kappa shape index (κ1) is 20.2. The van der Waals surface area contributed by atoms with Gasteiger partial charge < -0.3 is 14.5 Å². The van der Waals surface area contributed by atoms with Gasteiger partial charge in [-0.1, -0.05) is 11.6 Å². The molecule has 1 amide bonds. The van der Waals surface area contributed by atoms with Crippen LogP contribution < -0.4 is 10.1 Å². The number of aromatic nitrogens is 1. The van der Waals surface area contributed by atoms with Gasteiger partial charge in [-0.05, 0) is 93.1 Å². The van der Waals surface area contributed by atoms with Crippen LogP contribution >= 0.6 is 50.1 Å². The van der Waals surface area contributed by atoms with Gasteiger partial charge in [0.1, 0.15) is 11.3 Å². The zero-order valence-corrected chi connectivity index (χ0v) is 19.5. The van der Waals surface area contributed by atoms with E-state index >= 15 is 0 Å². The highest BCUT2D eigenvalue weighted by Crippen LogP contribution is 2.32. The Morgan fingerprint density at radius 2 is 2.00 bits per heavy atom. The summed E-state index contributed by atoms with van der Waals surface area (Å²) in [6.45, 7) is 0. The van der Waals surface area contributed by atoms with Crippen molar-refractivity contribution in [3.8, 4) is 17.2 Å². The minimum absolute atomic E-state index is 0.282. The molecule has 0 bridgehead atoms. The van der Waals surface area contributed by atoms with Crippen molar-refractivity contribution in [3.63, 3.8) is 0 Å². The third-order valence-corrected chi connectivity index (χ3v) is 5.84. The second-order valence-electron chi connectivity index (χ2n) is 6.13. The molecule has 1 N–H and O–H groups in total. The number of rotatable bonds is 4. The number of halogens is 3. The van der Waals surface area contributed by atoms with Crippen LogP contribution in [-0.2, 0) is 0 Å². The number of nitrogens with zero attached hydrogens (tertiary/aromatic N) is 1. The predicted octanol–water partition coefficient (Wildman–Crippen LogP) is 6.78. The molecule has 0 spiro atoms. The Morgan fingerprint density at radius 3 is 2.76 bits per heavy atom. The van der Waals surface area contributed by atoms with Crippen LogP contribution in [0, 0.1) is 3.57 Å². The molecule has 0 fully saturated rings. The van der Waals surface area contributed by atoms with Crippen molar-refractivity contribution in [2.45, 2.75) is 0 Å². The summed E-state index contributed by atoms with van der Waals surface area (Å²) in [7, 11) is 1.61. The minimum Gasteiger partial charge on any atom is -0.496 e. The van der Waals surface area contributed by atoms with Crippen molar-refractivity contribution in [2.24, 2.45) is 0 Å². The molecule has 3 aromatic carbocycles. The molecule has 0 saturated heterocycles. The lowest BCUT2D eigenvalue weighted by Crippen LogP contribution is -2.12. The molecule has 0 aliphatic carbocycles. The van der Waals surface area contributed by atoms with E-state index in [1.807, 2.05) is 24.3 Å². The largest absolute Gasteiger partial charge is 0.496 e. The van der Waals surface area contributed by atoms with Gasteiger partial charge in [-0.2, -0.15) is 0 Å². The number of anilines is 1. The van der Waals surface area contributed by atoms with Gasteiger partial charge in [-0.3, -0.25) is 4.79 Å². The highest BCUT2D eigenvalue weighted by molar-refractivity contribution is 14.1. The van der Waals surface area contributed by atoms with Crippen molar-refractivity contribution < 1.29 is 13.9 Å². The maximum absolute atomic E-state index is 12.6. The third kappa shape index (κ3) is 4.26. The molecule has 5 nitrogen and oxygen atoms in total. The molecule has 4 rings (SSSR count). The summed E-state index contributed by atoms with van der Waals surface area (Å²) in [5.41, 5.74) is 3.09. The number of hydrogen-bond donors (Lipinski definition) is 1. The molecule has 1 aromatic heterocycles. The first-order valence-electron chi connectivity index (χ1n) is 8.45. The fourth-order valence-electron chi connectivity index (χ4n) is 2.80. The van der Waals surface area contributed by atoms with Crippen LogP contribution in [0.15, 0.2) is 63.5 Å². The molecule has 0 radical (unpaired) electrons. The molecule has 29 heavy (non-hydrogen) atoms. The van der Waals surface area contributed by atoms with Gasteiger partial charge in [-0.25, -0.2) is 4.98 Å². The lowest BCUT2D eigenvalue weighted by atomic mass is 10.2. The van der Waals surface area contributed by atoms with E-state index in [2.05, 4.69) is 48.8 Å². The first-order chi connectivity index (χ1) is 13.9. The third-order valence-electron chi connectivity index (χ3n) is 4.22. The van der Waals surface area contributed by atoms with E-state index in [0.29, 0.717) is 33.3 Å². The number of nitrogens with one attached hydrogen (secondary N) is 1. The Kier molecular flexibility index (Phi) is 5.80. The summed E-state index contributed by atoms with van der Waals surface area (Å²) >= 11 is 11.8. The topological polar surface area (TPSA) is 64.4 Å². The van der Waals surface area contributed by atoms with Crippen molar-refractivity contribution in [3.05, 3.63) is 73.2 Å². The second kappa shape index (κ2) is 8.33. The van der Waals surface area contributed by atoms with E-state index < -0.39 is 0 Å². The standard InChI is InChI=1S/C21H13BrClIN2O3/c1-28-18-6-2-11(8-15(18)22)21-26-17-10-13(4-7-19(17)29-21)25-20(27)14-9-12(24)3-5-16(14)23/h2-10H,1H3,(H,25,27). The maximum Gasteiger partial charge on any atom is 0.257 e. The quantitative estimate of drug-likeness (QED) is 0.269. The number of carbonyl (C=O) groups is 1. The van der Waals surface area contributed by atoms with Gasteiger partial charge >= 0.3 is 0 Å². The van der Waals surface area contributed by atoms with Crippen LogP contribution in [0.2, 0.25) is 5.02 Å². The van der Waals surface area contributed by atoms with Gasteiger partial charge in [0, 0.05) is 14.8 Å². The first-order valence-corrected chi connectivity index (χ1v) is 10.7. The molecule has 1 heterocycles. The Balaban J connectivity index is 1.62. The number of methoxy groups -OCH3 is 1. The van der Waals surface area contributed by atoms with E-state index in [9.17, 15) is 4.79 Å². The minimum atomic E-state index is -0.282. The lowest BCUT2D eigenvalue weighted by Gasteiger charge is -2.07. The maximum atomic E-state index is 12.6. The molecule has 0 unspecified atom stereocenters. The molecule has 0 atom stereocenters. The fourth-order valence-corrected chi connectivity index (χ4v) is 4.03. The Morgan fingerprint density at radius 1 is 1.17 bits per heavy atom. The van der Waals surface area contributed by atoms with Gasteiger partial charge in [0.2, 0.25) is 5.89 Å². The van der Waals surface area contributed by atoms with E-state index in [-0.39, 0.29) is 5.91 Å². The fraction of sp³-hybridized carbons (Fsp3) is 0.0476. The number of hydrogen-bond acceptors (Lipinski definition) is 4. The summed E-state index contributed by atoms with van der Waals surface area (Å²) < 4.78 is 12.8. The lowest BCUT2D eigenvalue weighted by molar-refractivity contribution is 0.102. The van der Waals surface area contributed by atoms with Crippen LogP contribution in [0.5, 0.6) is 5.75 Å². The van der Waals surface area contributed by atoms with Crippen LogP contribution in [-0.4, -0.2) is 18.0 Å². The number of fused-ring (bicyclic) bond motifs is 1. The van der Waals surface area contributed by atoms with E-state index in [4.69, 9.17) is 20.8 Å². The Labute approximate surface area is 193 Å². The van der Waals surface area contributed by atoms with Gasteiger partial charge in [0.15, 0.2) is 5.58 Å². The number of carbonyl (C=O) groups excluding carboxylic acids is 1. The highest BCUT2D eigenvalue weighted by Gasteiger charge is 2.14. The van der Waals surface area contributed by atoms with E-state index in [1.54, 1.807) is 37.4 Å². The Bertz CT molecular complexity index is 1240. The normalized spacial score (nSPS) is 10.9. The number of amides is 1. The summed E-state index contributed by atoms with van der Waals surface area (Å²) in [5, 5.41) is 3.26. The monoisotopic (exact) mass is 582 g/mol. The van der Waals surface area contributed by atoms with Crippen LogP contribution in [0.4, 0.5) is 5.69 Å². The average Bonchev–Trinajstić information content (AvgIpc) is 3.13. The van der Waals surface area contributed by atoms with Gasteiger partial charge in [-0.15, -0.1) is 0 Å². The zero-order chi connectivity index (χ0) is 20.5. The van der Waals surface area contributed by atoms with Gasteiger partial charge in [0.05, 0.1) is 22.2 Å². The number of benzene rings is 3. The van der Waals surface area contributed by atoms with Crippen molar-refractivity contribution >= 4 is 72.8 Å². The zero-order valence-electron chi connectivity index (χ0n) is 15.0. The van der Waals surface area contributed by atoms with Crippen LogP contribution in [0.25, 0.3) is 22.6 Å². The van der Waals surface area contributed by atoms with Crippen LogP contribution in [0.1, 0.15) is 10.4 Å². The molecule has 0 saturated carbocycles. The molecule has 0 aliphatic heterocycles. The molecule has 4 aromatic rings. The van der Waals surface area contributed by atoms with E-state index in [1.165, 1.54) is 0 Å². The summed E-state index contributed by atoms with van der Waals surface area (Å²) in [6.07, 6.45) is 0. The molecule has 8 heteroatoms. The molecular formula is C21H13BrClIN2O3. The smallest absolute Gasteiger partial charge is 0.257 e. The van der Waals surface area contributed by atoms with Crippen molar-refractivity contribution in [1.29, 1.82) is 0 Å². The highest BCUT2D eigenvalue weighted by atomic mass is 127. The van der Waals surface area contributed by atoms with Crippen molar-refractivity contribution in [2.75, 3.05) is 12.4 Å². The summed E-state index contributed by atoms with van der Waals surface area (Å²) in [4.78, 5) is 17.1. The molecule has 0 aliphatic rings. The van der Waals surface area contributed by atoms with Gasteiger partial charge in [0.25, 0.3) is 5.91 Å². The second-order valence-corrected chi connectivity index (χ2v) is 8.64. The Hall–Kier alpha value is -2.10. The molecule has 146 valence electrons. The number of ether oxygens (including phenoxy) is 1. The summed E-state index contributed by atoms with van der Waals surface area (Å²) in [6, 6.07) is 16.2.